The number of carbonyl (C=O) groups is 2. The van der Waals surface area contributed by atoms with E-state index in [9.17, 15) is 9.59 Å². The van der Waals surface area contributed by atoms with Crippen molar-refractivity contribution in [3.8, 4) is 0 Å². The number of pyridine rings is 1. The number of hydrogen-bond acceptors (Lipinski definition) is 6. The highest BCUT2D eigenvalue weighted by Gasteiger charge is 2.17. The lowest BCUT2D eigenvalue weighted by Gasteiger charge is -2.36. The van der Waals surface area contributed by atoms with Gasteiger partial charge in [0.2, 0.25) is 0 Å². The van der Waals surface area contributed by atoms with E-state index in [1.165, 1.54) is 23.9 Å². The van der Waals surface area contributed by atoms with Crippen LogP contribution in [0.2, 0.25) is 5.15 Å². The number of aromatic nitrogens is 1. The Labute approximate surface area is 197 Å². The third-order valence-corrected chi connectivity index (χ3v) is 5.66. The van der Waals surface area contributed by atoms with Gasteiger partial charge in [0.15, 0.2) is 6.61 Å². The fourth-order valence-corrected chi connectivity index (χ4v) is 3.78. The molecule has 2 aromatic carbocycles. The summed E-state index contributed by atoms with van der Waals surface area (Å²) in [7, 11) is 0. The summed E-state index contributed by atoms with van der Waals surface area (Å²) in [5.74, 6) is -1.04. The third kappa shape index (κ3) is 6.54. The Morgan fingerprint density at radius 2 is 1.67 bits per heavy atom. The molecule has 0 aliphatic carbocycles. The summed E-state index contributed by atoms with van der Waals surface area (Å²) in [6.07, 6.45) is 1.31. The SMILES string of the molecule is O=C(COC(=O)c1ccc(Cl)nc1)Nc1ccc(N2CCN(Cc3ccccc3)CC2)cc1. The van der Waals surface area contributed by atoms with Crippen LogP contribution in [0.25, 0.3) is 0 Å². The first-order valence-corrected chi connectivity index (χ1v) is 11.1. The summed E-state index contributed by atoms with van der Waals surface area (Å²) in [4.78, 5) is 32.7. The number of amides is 1. The van der Waals surface area contributed by atoms with E-state index in [4.69, 9.17) is 16.3 Å². The Balaban J connectivity index is 1.21. The number of esters is 1. The first-order chi connectivity index (χ1) is 16.1. The van der Waals surface area contributed by atoms with Crippen molar-refractivity contribution in [2.75, 3.05) is 43.0 Å². The Hall–Kier alpha value is -3.42. The standard InChI is InChI=1S/C25H25ClN4O3/c26-23-11-6-20(16-27-23)25(32)33-18-24(31)28-21-7-9-22(10-8-21)30-14-12-29(13-15-30)17-19-4-2-1-3-5-19/h1-11,16H,12-15,17-18H2,(H,28,31). The topological polar surface area (TPSA) is 74.8 Å². The van der Waals surface area contributed by atoms with E-state index in [1.54, 1.807) is 0 Å². The van der Waals surface area contributed by atoms with Crippen molar-refractivity contribution in [3.63, 3.8) is 0 Å². The van der Waals surface area contributed by atoms with Gasteiger partial charge in [-0.2, -0.15) is 0 Å². The Bertz CT molecular complexity index is 1070. The first-order valence-electron chi connectivity index (χ1n) is 10.8. The van der Waals surface area contributed by atoms with E-state index in [-0.39, 0.29) is 17.3 Å². The van der Waals surface area contributed by atoms with Crippen LogP contribution in [-0.4, -0.2) is 54.5 Å². The number of anilines is 2. The maximum absolute atomic E-state index is 12.1. The molecule has 2 heterocycles. The number of carbonyl (C=O) groups excluding carboxylic acids is 2. The monoisotopic (exact) mass is 464 g/mol. The van der Waals surface area contributed by atoms with Gasteiger partial charge in [0, 0.05) is 50.3 Å². The lowest BCUT2D eigenvalue weighted by Crippen LogP contribution is -2.45. The van der Waals surface area contributed by atoms with E-state index in [0.717, 1.165) is 38.4 Å². The molecule has 1 amide bonds. The van der Waals surface area contributed by atoms with Crippen LogP contribution in [-0.2, 0) is 16.1 Å². The second-order valence-corrected chi connectivity index (χ2v) is 8.18. The van der Waals surface area contributed by atoms with Crippen molar-refractivity contribution < 1.29 is 14.3 Å². The molecule has 3 aromatic rings. The zero-order valence-corrected chi connectivity index (χ0v) is 18.9. The average Bonchev–Trinajstić information content (AvgIpc) is 2.85. The largest absolute Gasteiger partial charge is 0.452 e. The van der Waals surface area contributed by atoms with Gasteiger partial charge < -0.3 is 15.0 Å². The average molecular weight is 465 g/mol. The number of halogens is 1. The number of ether oxygens (including phenoxy) is 1. The number of piperazine rings is 1. The maximum Gasteiger partial charge on any atom is 0.340 e. The summed E-state index contributed by atoms with van der Waals surface area (Å²) < 4.78 is 5.03. The predicted octanol–water partition coefficient (Wildman–Crippen LogP) is 3.85. The molecule has 1 aromatic heterocycles. The zero-order valence-electron chi connectivity index (χ0n) is 18.1. The fraction of sp³-hybridized carbons (Fsp3) is 0.240. The number of hydrogen-bond donors (Lipinski definition) is 1. The smallest absolute Gasteiger partial charge is 0.340 e. The Kier molecular flexibility index (Phi) is 7.55. The van der Waals surface area contributed by atoms with Crippen molar-refractivity contribution >= 4 is 34.9 Å². The predicted molar refractivity (Wildman–Crippen MR) is 129 cm³/mol. The van der Waals surface area contributed by atoms with E-state index in [2.05, 4.69) is 44.4 Å². The van der Waals surface area contributed by atoms with E-state index < -0.39 is 11.9 Å². The minimum Gasteiger partial charge on any atom is -0.452 e. The lowest BCUT2D eigenvalue weighted by atomic mass is 10.2. The molecule has 170 valence electrons. The minimum atomic E-state index is -0.629. The van der Waals surface area contributed by atoms with Crippen molar-refractivity contribution in [2.45, 2.75) is 6.54 Å². The summed E-state index contributed by atoms with van der Waals surface area (Å²) >= 11 is 5.70. The molecule has 0 spiro atoms. The summed E-state index contributed by atoms with van der Waals surface area (Å²) in [5.41, 5.74) is 3.34. The van der Waals surface area contributed by atoms with Crippen molar-refractivity contribution in [2.24, 2.45) is 0 Å². The second-order valence-electron chi connectivity index (χ2n) is 7.79. The minimum absolute atomic E-state index is 0.236. The van der Waals surface area contributed by atoms with Crippen molar-refractivity contribution in [3.05, 3.63) is 89.2 Å². The van der Waals surface area contributed by atoms with Gasteiger partial charge in [-0.1, -0.05) is 41.9 Å². The number of rotatable bonds is 7. The van der Waals surface area contributed by atoms with Gasteiger partial charge in [-0.25, -0.2) is 9.78 Å². The van der Waals surface area contributed by atoms with E-state index >= 15 is 0 Å². The van der Waals surface area contributed by atoms with Crippen LogP contribution >= 0.6 is 11.6 Å². The number of nitrogens with one attached hydrogen (secondary N) is 1. The van der Waals surface area contributed by atoms with Crippen LogP contribution in [0.15, 0.2) is 72.9 Å². The van der Waals surface area contributed by atoms with Gasteiger partial charge in [-0.05, 0) is 42.0 Å². The molecule has 0 bridgehead atoms. The number of nitrogens with zero attached hydrogens (tertiary/aromatic N) is 3. The molecule has 0 atom stereocenters. The molecule has 1 saturated heterocycles. The molecule has 0 unspecified atom stereocenters. The van der Waals surface area contributed by atoms with Gasteiger partial charge in [0.25, 0.3) is 5.91 Å². The fourth-order valence-electron chi connectivity index (χ4n) is 3.67. The van der Waals surface area contributed by atoms with Gasteiger partial charge in [0.05, 0.1) is 5.56 Å². The number of benzene rings is 2. The van der Waals surface area contributed by atoms with Crippen LogP contribution in [0.4, 0.5) is 11.4 Å². The zero-order chi connectivity index (χ0) is 23.0. The molecular weight excluding hydrogens is 440 g/mol. The van der Waals surface area contributed by atoms with E-state index in [0.29, 0.717) is 5.69 Å². The first kappa shape index (κ1) is 22.8. The molecule has 1 N–H and O–H groups in total. The molecule has 4 rings (SSSR count). The molecule has 7 nitrogen and oxygen atoms in total. The van der Waals surface area contributed by atoms with Crippen LogP contribution in [0.5, 0.6) is 0 Å². The molecule has 0 radical (unpaired) electrons. The quantitative estimate of drug-likeness (QED) is 0.423. The summed E-state index contributed by atoms with van der Waals surface area (Å²) in [6, 6.07) is 21.2. The highest BCUT2D eigenvalue weighted by Crippen LogP contribution is 2.20. The molecular formula is C25H25ClN4O3. The Morgan fingerprint density at radius 3 is 2.33 bits per heavy atom. The molecule has 1 aliphatic rings. The third-order valence-electron chi connectivity index (χ3n) is 5.43. The van der Waals surface area contributed by atoms with Crippen LogP contribution in [0, 0.1) is 0 Å². The van der Waals surface area contributed by atoms with Gasteiger partial charge in [0.1, 0.15) is 5.15 Å². The van der Waals surface area contributed by atoms with Crippen molar-refractivity contribution in [1.29, 1.82) is 0 Å². The molecule has 1 aliphatic heterocycles. The highest BCUT2D eigenvalue weighted by molar-refractivity contribution is 6.29. The van der Waals surface area contributed by atoms with E-state index in [1.807, 2.05) is 30.3 Å². The molecule has 33 heavy (non-hydrogen) atoms. The normalized spacial score (nSPS) is 14.0. The van der Waals surface area contributed by atoms with Crippen LogP contribution < -0.4 is 10.2 Å². The molecule has 0 saturated carbocycles. The summed E-state index contributed by atoms with van der Waals surface area (Å²) in [5, 5.41) is 3.02. The van der Waals surface area contributed by atoms with Crippen LogP contribution in [0.3, 0.4) is 0 Å². The molecule has 1 fully saturated rings. The van der Waals surface area contributed by atoms with Gasteiger partial charge in [-0.15, -0.1) is 0 Å². The highest BCUT2D eigenvalue weighted by atomic mass is 35.5. The Morgan fingerprint density at radius 1 is 0.939 bits per heavy atom. The lowest BCUT2D eigenvalue weighted by molar-refractivity contribution is -0.119. The van der Waals surface area contributed by atoms with Gasteiger partial charge >= 0.3 is 5.97 Å². The van der Waals surface area contributed by atoms with Crippen LogP contribution in [0.1, 0.15) is 15.9 Å². The van der Waals surface area contributed by atoms with Gasteiger partial charge in [-0.3, -0.25) is 9.69 Å². The summed E-state index contributed by atoms with van der Waals surface area (Å²) in [6.45, 7) is 4.50. The van der Waals surface area contributed by atoms with Crippen molar-refractivity contribution in [1.82, 2.24) is 9.88 Å². The second kappa shape index (κ2) is 10.9. The maximum atomic E-state index is 12.1. The molecule has 8 heteroatoms.